The highest BCUT2D eigenvalue weighted by Crippen LogP contribution is 2.36. The van der Waals surface area contributed by atoms with E-state index in [0.717, 1.165) is 64.2 Å². The van der Waals surface area contributed by atoms with Gasteiger partial charge in [-0.05, 0) is 89.1 Å². The lowest BCUT2D eigenvalue weighted by Crippen LogP contribution is -2.35. The van der Waals surface area contributed by atoms with Crippen LogP contribution < -0.4 is 5.32 Å². The van der Waals surface area contributed by atoms with Gasteiger partial charge in [0.2, 0.25) is 0 Å². The second kappa shape index (κ2) is 29.8. The van der Waals surface area contributed by atoms with E-state index in [-0.39, 0.29) is 11.8 Å². The van der Waals surface area contributed by atoms with Crippen LogP contribution in [0.25, 0.3) is 0 Å². The van der Waals surface area contributed by atoms with Crippen LogP contribution in [0.15, 0.2) is 24.3 Å². The van der Waals surface area contributed by atoms with Gasteiger partial charge in [0.15, 0.2) is 0 Å². The van der Waals surface area contributed by atoms with Crippen LogP contribution in [0.2, 0.25) is 0 Å². The van der Waals surface area contributed by atoms with Crippen LogP contribution in [0.4, 0.5) is 0 Å². The van der Waals surface area contributed by atoms with Gasteiger partial charge < -0.3 is 15.5 Å². The van der Waals surface area contributed by atoms with Crippen molar-refractivity contribution < 1.29 is 19.8 Å². The molecule has 1 rings (SSSR count). The smallest absolute Gasteiger partial charge is 0.306 e. The molecule has 0 aliphatic carbocycles. The summed E-state index contributed by atoms with van der Waals surface area (Å²) in [4.78, 5) is 24.6. The average molecular weight is 632 g/mol. The number of hydrogen-bond acceptors (Lipinski definition) is 3. The standard InChI is InChI=1S/C40H73NO4/c1-3-5-7-9-11-13-15-17-19-21-23-25-27-29-31-35(39(42)43)37-33-41-34-38(37)36(40(44)45)32-30-28-26-24-22-20-18-16-14-12-10-8-6-4-2/h17-20,35-38,41H,3-16,21-34H2,1-2H3,(H,42,43)(H,44,45)/b19-17-,20-18-/t35?,36?,37-,38-/m0/s1. The normalized spacial score (nSPS) is 18.3. The molecule has 45 heavy (non-hydrogen) atoms. The SMILES string of the molecule is CCCCCCCC/C=C\CCCCCCC(C(=O)O)[C@@H]1CNC[C@H]1C(CCCCCC/C=C\CCCCCCCC)C(=O)O. The molecule has 0 amide bonds. The van der Waals surface area contributed by atoms with Gasteiger partial charge in [0, 0.05) is 0 Å². The number of carboxylic acids is 2. The van der Waals surface area contributed by atoms with Crippen molar-refractivity contribution in [1.29, 1.82) is 0 Å². The molecule has 0 aromatic rings. The summed E-state index contributed by atoms with van der Waals surface area (Å²) in [6, 6.07) is 0. The van der Waals surface area contributed by atoms with Crippen LogP contribution in [0.5, 0.6) is 0 Å². The molecular formula is C40H73NO4. The van der Waals surface area contributed by atoms with E-state index in [9.17, 15) is 19.8 Å². The van der Waals surface area contributed by atoms with Crippen LogP contribution in [0.1, 0.15) is 181 Å². The van der Waals surface area contributed by atoms with Crippen molar-refractivity contribution in [1.82, 2.24) is 5.32 Å². The second-order valence-corrected chi connectivity index (χ2v) is 13.9. The van der Waals surface area contributed by atoms with E-state index in [1.807, 2.05) is 0 Å². The molecule has 5 nitrogen and oxygen atoms in total. The monoisotopic (exact) mass is 632 g/mol. The quantitative estimate of drug-likeness (QED) is 0.0508. The number of hydrogen-bond donors (Lipinski definition) is 3. The molecule has 2 unspecified atom stereocenters. The molecule has 0 aromatic heterocycles. The van der Waals surface area contributed by atoms with Crippen LogP contribution >= 0.6 is 0 Å². The lowest BCUT2D eigenvalue weighted by Gasteiger charge is -2.29. The van der Waals surface area contributed by atoms with Gasteiger partial charge in [0.1, 0.15) is 0 Å². The number of unbranched alkanes of at least 4 members (excludes halogenated alkanes) is 20. The molecule has 0 spiro atoms. The van der Waals surface area contributed by atoms with Gasteiger partial charge >= 0.3 is 11.9 Å². The molecule has 262 valence electrons. The minimum absolute atomic E-state index is 0.0923. The van der Waals surface area contributed by atoms with Gasteiger partial charge in [-0.3, -0.25) is 9.59 Å². The van der Waals surface area contributed by atoms with Crippen molar-refractivity contribution in [3.63, 3.8) is 0 Å². The molecule has 5 heteroatoms. The molecule has 4 atom stereocenters. The van der Waals surface area contributed by atoms with Crippen molar-refractivity contribution in [3.05, 3.63) is 24.3 Å². The predicted octanol–water partition coefficient (Wildman–Crippen LogP) is 11.5. The highest BCUT2D eigenvalue weighted by molar-refractivity contribution is 5.72. The van der Waals surface area contributed by atoms with Crippen LogP contribution in [0, 0.1) is 23.7 Å². The second-order valence-electron chi connectivity index (χ2n) is 13.9. The molecule has 0 radical (unpaired) electrons. The number of aliphatic carboxylic acids is 2. The predicted molar refractivity (Wildman–Crippen MR) is 192 cm³/mol. The maximum atomic E-state index is 12.3. The Hall–Kier alpha value is -1.62. The van der Waals surface area contributed by atoms with E-state index < -0.39 is 23.8 Å². The Bertz CT molecular complexity index is 701. The summed E-state index contributed by atoms with van der Waals surface area (Å²) in [5.74, 6) is -2.59. The summed E-state index contributed by atoms with van der Waals surface area (Å²) in [6.07, 6.45) is 39.9. The molecule has 3 N–H and O–H groups in total. The first-order chi connectivity index (χ1) is 22.0. The molecule has 1 aliphatic rings. The summed E-state index contributed by atoms with van der Waals surface area (Å²) < 4.78 is 0. The molecule has 1 aliphatic heterocycles. The summed E-state index contributed by atoms with van der Waals surface area (Å²) in [7, 11) is 0. The topological polar surface area (TPSA) is 86.6 Å². The van der Waals surface area contributed by atoms with Crippen LogP contribution in [-0.2, 0) is 9.59 Å². The fraction of sp³-hybridized carbons (Fsp3) is 0.850. The zero-order valence-electron chi connectivity index (χ0n) is 29.6. The van der Waals surface area contributed by atoms with Crippen molar-refractivity contribution >= 4 is 11.9 Å². The minimum atomic E-state index is -0.750. The Morgan fingerprint density at radius 1 is 0.511 bits per heavy atom. The third kappa shape index (κ3) is 21.7. The lowest BCUT2D eigenvalue weighted by molar-refractivity contribution is -0.149. The van der Waals surface area contributed by atoms with Crippen molar-refractivity contribution in [2.24, 2.45) is 23.7 Å². The van der Waals surface area contributed by atoms with Crippen molar-refractivity contribution in [3.8, 4) is 0 Å². The summed E-state index contributed by atoms with van der Waals surface area (Å²) in [5.41, 5.74) is 0. The number of nitrogens with one attached hydrogen (secondary N) is 1. The Morgan fingerprint density at radius 2 is 0.800 bits per heavy atom. The molecule has 0 saturated carbocycles. The van der Waals surface area contributed by atoms with E-state index >= 15 is 0 Å². The highest BCUT2D eigenvalue weighted by Gasteiger charge is 2.43. The van der Waals surface area contributed by atoms with Gasteiger partial charge in [0.25, 0.3) is 0 Å². The van der Waals surface area contributed by atoms with E-state index in [2.05, 4.69) is 43.5 Å². The minimum Gasteiger partial charge on any atom is -0.481 e. The molecule has 0 bridgehead atoms. The van der Waals surface area contributed by atoms with Gasteiger partial charge in [0.05, 0.1) is 11.8 Å². The van der Waals surface area contributed by atoms with Gasteiger partial charge in [-0.25, -0.2) is 0 Å². The summed E-state index contributed by atoms with van der Waals surface area (Å²) in [6.45, 7) is 5.76. The van der Waals surface area contributed by atoms with Gasteiger partial charge in [-0.1, -0.05) is 141 Å². The fourth-order valence-electron chi connectivity index (χ4n) is 7.16. The number of carbonyl (C=O) groups is 2. The first-order valence-electron chi connectivity index (χ1n) is 19.5. The Labute approximate surface area is 278 Å². The Balaban J connectivity index is 2.26. The van der Waals surface area contributed by atoms with Gasteiger partial charge in [-0.15, -0.1) is 0 Å². The lowest BCUT2D eigenvalue weighted by atomic mass is 9.73. The summed E-state index contributed by atoms with van der Waals surface area (Å²) in [5, 5.41) is 23.5. The number of rotatable bonds is 32. The third-order valence-electron chi connectivity index (χ3n) is 10.0. The Morgan fingerprint density at radius 3 is 1.11 bits per heavy atom. The molecule has 1 fully saturated rings. The van der Waals surface area contributed by atoms with E-state index in [4.69, 9.17) is 0 Å². The Kier molecular flexibility index (Phi) is 27.4. The third-order valence-corrected chi connectivity index (χ3v) is 10.0. The molecule has 1 saturated heterocycles. The average Bonchev–Trinajstić information content (AvgIpc) is 3.49. The van der Waals surface area contributed by atoms with E-state index in [0.29, 0.717) is 25.9 Å². The van der Waals surface area contributed by atoms with Crippen LogP contribution in [0.3, 0.4) is 0 Å². The number of allylic oxidation sites excluding steroid dienone is 4. The fourth-order valence-corrected chi connectivity index (χ4v) is 7.16. The van der Waals surface area contributed by atoms with Gasteiger partial charge in [-0.2, -0.15) is 0 Å². The maximum Gasteiger partial charge on any atom is 0.306 e. The number of carboxylic acid groups (broad SMARTS) is 2. The first kappa shape index (κ1) is 41.4. The molecule has 1 heterocycles. The highest BCUT2D eigenvalue weighted by atomic mass is 16.4. The van der Waals surface area contributed by atoms with Crippen molar-refractivity contribution in [2.75, 3.05) is 13.1 Å². The van der Waals surface area contributed by atoms with E-state index in [1.54, 1.807) is 0 Å². The zero-order chi connectivity index (χ0) is 32.8. The molecule has 0 aromatic carbocycles. The van der Waals surface area contributed by atoms with Crippen molar-refractivity contribution in [2.45, 2.75) is 181 Å². The van der Waals surface area contributed by atoms with Crippen LogP contribution in [-0.4, -0.2) is 35.2 Å². The maximum absolute atomic E-state index is 12.3. The summed E-state index contributed by atoms with van der Waals surface area (Å²) >= 11 is 0. The molecular weight excluding hydrogens is 558 g/mol. The zero-order valence-corrected chi connectivity index (χ0v) is 29.6. The first-order valence-corrected chi connectivity index (χ1v) is 19.5. The van der Waals surface area contributed by atoms with E-state index in [1.165, 1.54) is 89.9 Å². The largest absolute Gasteiger partial charge is 0.481 e.